The highest BCUT2D eigenvalue weighted by Gasteiger charge is 2.20. The molecular formula is C21H23NO4. The third kappa shape index (κ3) is 4.79. The lowest BCUT2D eigenvalue weighted by Crippen LogP contribution is -2.30. The van der Waals surface area contributed by atoms with Crippen LogP contribution in [0.5, 0.6) is 0 Å². The lowest BCUT2D eigenvalue weighted by Gasteiger charge is -2.18. The number of anilines is 1. The molecule has 0 aromatic heterocycles. The lowest BCUT2D eigenvalue weighted by molar-refractivity contribution is -0.123. The van der Waals surface area contributed by atoms with Crippen LogP contribution in [0.2, 0.25) is 0 Å². The van der Waals surface area contributed by atoms with Crippen LogP contribution < -0.4 is 5.32 Å². The average molecular weight is 353 g/mol. The second-order valence-corrected chi connectivity index (χ2v) is 6.17. The van der Waals surface area contributed by atoms with Gasteiger partial charge in [0.1, 0.15) is 6.29 Å². The summed E-state index contributed by atoms with van der Waals surface area (Å²) in [6.45, 7) is 5.71. The summed E-state index contributed by atoms with van der Waals surface area (Å²) in [5.41, 5.74) is 2.53. The van der Waals surface area contributed by atoms with Crippen molar-refractivity contribution in [3.8, 4) is 0 Å². The molecule has 5 nitrogen and oxygen atoms in total. The predicted octanol–water partition coefficient (Wildman–Crippen LogP) is 4.20. The minimum Gasteiger partial charge on any atom is -0.449 e. The number of carbonyl (C=O) groups is 3. The number of nitrogens with one attached hydrogen (secondary N) is 1. The Bertz CT molecular complexity index is 783. The van der Waals surface area contributed by atoms with E-state index in [4.69, 9.17) is 4.74 Å². The van der Waals surface area contributed by atoms with Crippen LogP contribution in [0.3, 0.4) is 0 Å². The van der Waals surface area contributed by atoms with E-state index >= 15 is 0 Å². The van der Waals surface area contributed by atoms with E-state index in [0.717, 1.165) is 17.7 Å². The maximum atomic E-state index is 12.4. The van der Waals surface area contributed by atoms with Gasteiger partial charge in [-0.2, -0.15) is 0 Å². The molecule has 0 aliphatic carbocycles. The highest BCUT2D eigenvalue weighted by Crippen LogP contribution is 2.26. The van der Waals surface area contributed by atoms with Crippen LogP contribution in [0, 0.1) is 0 Å². The van der Waals surface area contributed by atoms with Gasteiger partial charge < -0.3 is 10.1 Å². The van der Waals surface area contributed by atoms with Crippen molar-refractivity contribution in [3.05, 3.63) is 65.2 Å². The highest BCUT2D eigenvalue weighted by atomic mass is 16.5. The molecule has 1 amide bonds. The first-order valence-corrected chi connectivity index (χ1v) is 8.62. The molecule has 0 bridgehead atoms. The number of hydrogen-bond acceptors (Lipinski definition) is 4. The molecule has 5 heteroatoms. The molecule has 0 unspecified atom stereocenters. The van der Waals surface area contributed by atoms with Crippen LogP contribution in [0.15, 0.2) is 48.5 Å². The molecule has 0 saturated heterocycles. The van der Waals surface area contributed by atoms with Crippen LogP contribution in [0.1, 0.15) is 59.4 Å². The number of rotatable bonds is 7. The molecule has 0 heterocycles. The summed E-state index contributed by atoms with van der Waals surface area (Å²) in [6.07, 6.45) is 0.701. The van der Waals surface area contributed by atoms with E-state index in [1.165, 1.54) is 31.2 Å². The van der Waals surface area contributed by atoms with Crippen LogP contribution in [0.4, 0.5) is 5.69 Å². The Balaban J connectivity index is 2.03. The van der Waals surface area contributed by atoms with E-state index in [1.54, 1.807) is 0 Å². The maximum absolute atomic E-state index is 12.4. The van der Waals surface area contributed by atoms with Gasteiger partial charge in [-0.05, 0) is 43.0 Å². The number of carbonyl (C=O) groups excluding carboxylic acids is 3. The van der Waals surface area contributed by atoms with Gasteiger partial charge in [-0.1, -0.05) is 44.2 Å². The Morgan fingerprint density at radius 2 is 1.73 bits per heavy atom. The van der Waals surface area contributed by atoms with E-state index in [1.807, 2.05) is 24.3 Å². The second-order valence-electron chi connectivity index (χ2n) is 6.17. The standard InChI is InChI=1S/C21H23NO4/c1-4-14(2)18-7-5-6-8-19(18)22-20(24)15(3)26-21(25)17-11-9-16(13-23)10-12-17/h5-15H,4H2,1-3H3,(H,22,24)/t14-,15+/m1/s1. The van der Waals surface area contributed by atoms with Crippen molar-refractivity contribution in [2.24, 2.45) is 0 Å². The summed E-state index contributed by atoms with van der Waals surface area (Å²) in [5, 5.41) is 2.84. The molecular weight excluding hydrogens is 330 g/mol. The van der Waals surface area contributed by atoms with E-state index in [9.17, 15) is 14.4 Å². The number of hydrogen-bond donors (Lipinski definition) is 1. The molecule has 2 atom stereocenters. The number of benzene rings is 2. The van der Waals surface area contributed by atoms with Gasteiger partial charge in [-0.3, -0.25) is 9.59 Å². The predicted molar refractivity (Wildman–Crippen MR) is 100 cm³/mol. The van der Waals surface area contributed by atoms with Crippen molar-refractivity contribution >= 4 is 23.9 Å². The van der Waals surface area contributed by atoms with Gasteiger partial charge in [0.05, 0.1) is 5.56 Å². The Morgan fingerprint density at radius 3 is 2.35 bits per heavy atom. The van der Waals surface area contributed by atoms with E-state index in [-0.39, 0.29) is 5.56 Å². The molecule has 0 aliphatic rings. The van der Waals surface area contributed by atoms with Crippen molar-refractivity contribution in [3.63, 3.8) is 0 Å². The number of para-hydroxylation sites is 1. The summed E-state index contributed by atoms with van der Waals surface area (Å²) in [6, 6.07) is 13.6. The molecule has 26 heavy (non-hydrogen) atoms. The average Bonchev–Trinajstić information content (AvgIpc) is 2.67. The Morgan fingerprint density at radius 1 is 1.08 bits per heavy atom. The van der Waals surface area contributed by atoms with Crippen molar-refractivity contribution in [1.29, 1.82) is 0 Å². The quantitative estimate of drug-likeness (QED) is 0.598. The zero-order valence-electron chi connectivity index (χ0n) is 15.2. The first-order chi connectivity index (χ1) is 12.5. The maximum Gasteiger partial charge on any atom is 0.338 e. The fourth-order valence-corrected chi connectivity index (χ4v) is 2.47. The normalized spacial score (nSPS) is 12.7. The molecule has 136 valence electrons. The van der Waals surface area contributed by atoms with Crippen molar-refractivity contribution < 1.29 is 19.1 Å². The van der Waals surface area contributed by atoms with E-state index < -0.39 is 18.0 Å². The molecule has 2 aromatic rings. The minimum atomic E-state index is -0.946. The SMILES string of the molecule is CC[C@@H](C)c1ccccc1NC(=O)[C@H](C)OC(=O)c1ccc(C=O)cc1. The first kappa shape index (κ1) is 19.4. The number of ether oxygens (including phenoxy) is 1. The van der Waals surface area contributed by atoms with Gasteiger partial charge >= 0.3 is 5.97 Å². The van der Waals surface area contributed by atoms with Crippen LogP contribution >= 0.6 is 0 Å². The molecule has 0 fully saturated rings. The molecule has 1 N–H and O–H groups in total. The van der Waals surface area contributed by atoms with Crippen molar-refractivity contribution in [2.75, 3.05) is 5.32 Å². The van der Waals surface area contributed by atoms with Gasteiger partial charge in [0.2, 0.25) is 0 Å². The summed E-state index contributed by atoms with van der Waals surface area (Å²) in [7, 11) is 0. The number of esters is 1. The molecule has 0 saturated carbocycles. The van der Waals surface area contributed by atoms with E-state index in [0.29, 0.717) is 17.8 Å². The topological polar surface area (TPSA) is 72.5 Å². The smallest absolute Gasteiger partial charge is 0.338 e. The number of amides is 1. The molecule has 2 aromatic carbocycles. The summed E-state index contributed by atoms with van der Waals surface area (Å²) in [4.78, 5) is 35.2. The van der Waals surface area contributed by atoms with E-state index in [2.05, 4.69) is 19.2 Å². The second kappa shape index (κ2) is 8.94. The lowest BCUT2D eigenvalue weighted by atomic mass is 9.97. The van der Waals surface area contributed by atoms with Gasteiger partial charge in [0, 0.05) is 11.3 Å². The Labute approximate surface area is 153 Å². The van der Waals surface area contributed by atoms with Gasteiger partial charge in [0.25, 0.3) is 5.91 Å². The molecule has 0 radical (unpaired) electrons. The van der Waals surface area contributed by atoms with Crippen molar-refractivity contribution in [2.45, 2.75) is 39.2 Å². The summed E-state index contributed by atoms with van der Waals surface area (Å²) >= 11 is 0. The van der Waals surface area contributed by atoms with Crippen LogP contribution in [-0.2, 0) is 9.53 Å². The molecule has 2 rings (SSSR count). The third-order valence-corrected chi connectivity index (χ3v) is 4.30. The highest BCUT2D eigenvalue weighted by molar-refractivity contribution is 5.98. The minimum absolute atomic E-state index is 0.287. The Hall–Kier alpha value is -2.95. The molecule has 0 aliphatic heterocycles. The third-order valence-electron chi connectivity index (χ3n) is 4.30. The summed E-state index contributed by atoms with van der Waals surface area (Å²) < 4.78 is 5.23. The van der Waals surface area contributed by atoms with Gasteiger partial charge in [0.15, 0.2) is 6.10 Å². The number of aldehydes is 1. The van der Waals surface area contributed by atoms with Crippen molar-refractivity contribution in [1.82, 2.24) is 0 Å². The molecule has 0 spiro atoms. The summed E-state index contributed by atoms with van der Waals surface area (Å²) in [5.74, 6) is -0.695. The van der Waals surface area contributed by atoms with Gasteiger partial charge in [-0.25, -0.2) is 4.79 Å². The fourth-order valence-electron chi connectivity index (χ4n) is 2.47. The van der Waals surface area contributed by atoms with Crippen LogP contribution in [-0.4, -0.2) is 24.3 Å². The zero-order chi connectivity index (χ0) is 19.1. The first-order valence-electron chi connectivity index (χ1n) is 8.62. The van der Waals surface area contributed by atoms with Crippen LogP contribution in [0.25, 0.3) is 0 Å². The van der Waals surface area contributed by atoms with Gasteiger partial charge in [-0.15, -0.1) is 0 Å². The monoisotopic (exact) mass is 353 g/mol. The Kier molecular flexibility index (Phi) is 6.67. The largest absolute Gasteiger partial charge is 0.449 e. The zero-order valence-corrected chi connectivity index (χ0v) is 15.2. The fraction of sp³-hybridized carbons (Fsp3) is 0.286.